The van der Waals surface area contributed by atoms with E-state index < -0.39 is 29.1 Å². The highest BCUT2D eigenvalue weighted by Gasteiger charge is 2.49. The van der Waals surface area contributed by atoms with Gasteiger partial charge in [0.2, 0.25) is 0 Å². The number of carbonyl (C=O) groups excluding carboxylic acids is 4. The first kappa shape index (κ1) is 38.1. The van der Waals surface area contributed by atoms with Gasteiger partial charge in [0.1, 0.15) is 12.0 Å². The number of hydrogen-bond acceptors (Lipinski definition) is 7. The molecule has 1 heterocycles. The summed E-state index contributed by atoms with van der Waals surface area (Å²) in [6.07, 6.45) is -0.323. The van der Waals surface area contributed by atoms with E-state index in [2.05, 4.69) is 4.98 Å². The lowest BCUT2D eigenvalue weighted by Crippen LogP contribution is -2.41. The van der Waals surface area contributed by atoms with Crippen LogP contribution in [0.15, 0.2) is 85.1 Å². The van der Waals surface area contributed by atoms with Gasteiger partial charge in [-0.05, 0) is 91.1 Å². The Labute approximate surface area is 301 Å². The van der Waals surface area contributed by atoms with E-state index in [1.54, 1.807) is 61.7 Å². The van der Waals surface area contributed by atoms with Crippen LogP contribution in [-0.4, -0.2) is 41.7 Å². The first-order valence-corrected chi connectivity index (χ1v) is 17.6. The van der Waals surface area contributed by atoms with E-state index in [0.717, 1.165) is 23.3 Å². The normalized spacial score (nSPS) is 15.8. The molecule has 3 aromatic carbocycles. The van der Waals surface area contributed by atoms with Crippen LogP contribution in [0.1, 0.15) is 95.1 Å². The van der Waals surface area contributed by atoms with Gasteiger partial charge in [0.15, 0.2) is 11.6 Å². The quantitative estimate of drug-likeness (QED) is 0.0898. The van der Waals surface area contributed by atoms with E-state index in [9.17, 15) is 32.3 Å². The molecule has 0 aliphatic heterocycles. The molecule has 272 valence electrons. The van der Waals surface area contributed by atoms with Crippen molar-refractivity contribution in [2.24, 2.45) is 5.92 Å². The zero-order chi connectivity index (χ0) is 37.5. The van der Waals surface area contributed by atoms with Gasteiger partial charge in [-0.15, -0.1) is 0 Å². The summed E-state index contributed by atoms with van der Waals surface area (Å²) >= 11 is 0. The van der Waals surface area contributed by atoms with Gasteiger partial charge in [0.05, 0.1) is 24.3 Å². The molecule has 10 heteroatoms. The van der Waals surface area contributed by atoms with E-state index >= 15 is 0 Å². The first-order chi connectivity index (χ1) is 24.9. The van der Waals surface area contributed by atoms with Gasteiger partial charge >= 0.3 is 18.1 Å². The molecule has 0 fully saturated rings. The minimum Gasteiger partial charge on any atom is -0.465 e. The minimum absolute atomic E-state index is 0.0680. The largest absolute Gasteiger partial charge is 0.465 e. The number of fused-ring (bicyclic) bond motifs is 1. The highest BCUT2D eigenvalue weighted by molar-refractivity contribution is 6.02. The zero-order valence-corrected chi connectivity index (χ0v) is 29.6. The molecule has 0 bridgehead atoms. The third kappa shape index (κ3) is 8.49. The number of halogens is 3. The third-order valence-electron chi connectivity index (χ3n) is 9.76. The minimum atomic E-state index is -4.46. The topological polar surface area (TPSA) is 99.6 Å². The zero-order valence-electron chi connectivity index (χ0n) is 29.6. The Morgan fingerprint density at radius 3 is 2.37 bits per heavy atom. The number of pyridine rings is 1. The van der Waals surface area contributed by atoms with Crippen LogP contribution >= 0.6 is 0 Å². The summed E-state index contributed by atoms with van der Waals surface area (Å²) in [5.41, 5.74) is 2.82. The number of Topliss-reactive ketones (excluding diaryl/α,β-unsaturated/α-hetero) is 2. The molecule has 0 N–H and O–H groups in total. The Morgan fingerprint density at radius 2 is 1.65 bits per heavy atom. The summed E-state index contributed by atoms with van der Waals surface area (Å²) in [6, 6.07) is 20.5. The van der Waals surface area contributed by atoms with Gasteiger partial charge in [-0.25, -0.2) is 0 Å². The average molecular weight is 714 g/mol. The Bertz CT molecular complexity index is 1940. The second-order valence-electron chi connectivity index (χ2n) is 13.2. The summed E-state index contributed by atoms with van der Waals surface area (Å²) in [5.74, 6) is -1.53. The lowest BCUT2D eigenvalue weighted by molar-refractivity contribution is -0.157. The number of nitrogens with zero attached hydrogens (tertiary/aromatic N) is 1. The number of hydrogen-bond donors (Lipinski definition) is 0. The maximum absolute atomic E-state index is 13.5. The Balaban J connectivity index is 1.27. The molecule has 5 rings (SSSR count). The summed E-state index contributed by atoms with van der Waals surface area (Å²) < 4.78 is 50.4. The molecular weight excluding hydrogens is 671 g/mol. The van der Waals surface area contributed by atoms with Gasteiger partial charge in [-0.3, -0.25) is 24.2 Å². The second kappa shape index (κ2) is 16.5. The Morgan fingerprint density at radius 1 is 0.904 bits per heavy atom. The molecule has 0 saturated carbocycles. The van der Waals surface area contributed by atoms with Gasteiger partial charge in [0, 0.05) is 29.7 Å². The fourth-order valence-electron chi connectivity index (χ4n) is 6.65. The molecule has 1 aliphatic rings. The number of alkyl halides is 3. The molecule has 0 saturated heterocycles. The molecule has 2 atom stereocenters. The number of ether oxygens (including phenoxy) is 2. The number of rotatable bonds is 15. The van der Waals surface area contributed by atoms with Crippen molar-refractivity contribution in [3.63, 3.8) is 0 Å². The van der Waals surface area contributed by atoms with E-state index in [4.69, 9.17) is 9.47 Å². The van der Waals surface area contributed by atoms with Crippen molar-refractivity contribution >= 4 is 23.5 Å². The van der Waals surface area contributed by atoms with Crippen LogP contribution in [-0.2, 0) is 49.9 Å². The number of ketones is 2. The highest BCUT2D eigenvalue weighted by atomic mass is 19.4. The lowest BCUT2D eigenvalue weighted by Gasteiger charge is -2.26. The van der Waals surface area contributed by atoms with Crippen LogP contribution in [0.5, 0.6) is 0 Å². The molecule has 0 amide bonds. The number of aromatic nitrogens is 1. The SMILES string of the molecule is CCOC(=O)C1(COC(=O)Cc2ccc(CCCC(=O)c3ccccc3-c3ccc(C(F)(F)F)cc3)c(C(=O)C(C)CC)c2)CCc2cccnc21. The van der Waals surface area contributed by atoms with Crippen molar-refractivity contribution in [3.05, 3.63) is 124 Å². The monoisotopic (exact) mass is 713 g/mol. The van der Waals surface area contributed by atoms with Crippen molar-refractivity contribution in [1.29, 1.82) is 0 Å². The average Bonchev–Trinajstić information content (AvgIpc) is 3.53. The molecule has 7 nitrogen and oxygen atoms in total. The molecule has 0 radical (unpaired) electrons. The maximum atomic E-state index is 13.5. The molecular formula is C42H42F3NO6. The smallest absolute Gasteiger partial charge is 0.416 e. The second-order valence-corrected chi connectivity index (χ2v) is 13.2. The van der Waals surface area contributed by atoms with E-state index in [1.165, 1.54) is 12.1 Å². The Kier molecular flexibility index (Phi) is 12.1. The summed E-state index contributed by atoms with van der Waals surface area (Å²) in [4.78, 5) is 57.7. The van der Waals surface area contributed by atoms with Crippen LogP contribution in [0.3, 0.4) is 0 Å². The van der Waals surface area contributed by atoms with Crippen LogP contribution in [0.4, 0.5) is 13.2 Å². The van der Waals surface area contributed by atoms with Crippen LogP contribution in [0.25, 0.3) is 11.1 Å². The number of esters is 2. The standard InChI is InChI=1S/C42H42F3NO6/c1-4-27(3)38(49)35-24-28(25-37(48)52-26-41(40(50)51-5-2)22-21-31-11-9-23-46-39(31)41)15-16-29(35)10-8-14-36(47)34-13-7-6-12-33(34)30-17-19-32(20-18-30)42(43,44)45/h6-7,9,11-13,15-20,23-24,27H,4-5,8,10,14,21-22,25-26H2,1-3H3. The van der Waals surface area contributed by atoms with Crippen molar-refractivity contribution in [2.75, 3.05) is 13.2 Å². The third-order valence-corrected chi connectivity index (χ3v) is 9.76. The van der Waals surface area contributed by atoms with E-state index in [-0.39, 0.29) is 43.5 Å². The van der Waals surface area contributed by atoms with Crippen molar-refractivity contribution in [1.82, 2.24) is 4.98 Å². The fraction of sp³-hybridized carbons (Fsp3) is 0.357. The predicted molar refractivity (Wildman–Crippen MR) is 190 cm³/mol. The number of carbonyl (C=O) groups is 4. The van der Waals surface area contributed by atoms with Crippen molar-refractivity contribution in [2.45, 2.75) is 77.3 Å². The van der Waals surface area contributed by atoms with Gasteiger partial charge in [0.25, 0.3) is 0 Å². The van der Waals surface area contributed by atoms with E-state index in [1.807, 2.05) is 19.9 Å². The van der Waals surface area contributed by atoms with Gasteiger partial charge in [-0.2, -0.15) is 13.2 Å². The van der Waals surface area contributed by atoms with Crippen LogP contribution in [0.2, 0.25) is 0 Å². The number of aryl methyl sites for hydroxylation is 2. The molecule has 4 aromatic rings. The molecule has 2 unspecified atom stereocenters. The van der Waals surface area contributed by atoms with Crippen molar-refractivity contribution in [3.8, 4) is 11.1 Å². The van der Waals surface area contributed by atoms with Gasteiger partial charge < -0.3 is 9.47 Å². The van der Waals surface area contributed by atoms with Crippen molar-refractivity contribution < 1.29 is 41.8 Å². The highest BCUT2D eigenvalue weighted by Crippen LogP contribution is 2.39. The van der Waals surface area contributed by atoms with Crippen LogP contribution < -0.4 is 0 Å². The molecule has 1 aliphatic carbocycles. The first-order valence-electron chi connectivity index (χ1n) is 17.6. The molecule has 1 aromatic heterocycles. The lowest BCUT2D eigenvalue weighted by atomic mass is 9.86. The molecule has 52 heavy (non-hydrogen) atoms. The fourth-order valence-corrected chi connectivity index (χ4v) is 6.65. The maximum Gasteiger partial charge on any atom is 0.416 e. The van der Waals surface area contributed by atoms with Gasteiger partial charge in [-0.1, -0.05) is 68.4 Å². The summed E-state index contributed by atoms with van der Waals surface area (Å²) in [7, 11) is 0. The predicted octanol–water partition coefficient (Wildman–Crippen LogP) is 8.73. The summed E-state index contributed by atoms with van der Waals surface area (Å²) in [6.45, 7) is 5.46. The Hall–Kier alpha value is -5.12. The van der Waals surface area contributed by atoms with Crippen LogP contribution in [0, 0.1) is 5.92 Å². The molecule has 0 spiro atoms. The van der Waals surface area contributed by atoms with E-state index in [0.29, 0.717) is 65.6 Å². The number of benzene rings is 3. The summed E-state index contributed by atoms with van der Waals surface area (Å²) in [5, 5.41) is 0.